The monoisotopic (exact) mass is 525 g/mol. The third-order valence-corrected chi connectivity index (χ3v) is 7.45. The van der Waals surface area contributed by atoms with Crippen LogP contribution in [0.4, 0.5) is 5.69 Å². The number of carbonyl (C=O) groups is 2. The van der Waals surface area contributed by atoms with E-state index in [1.807, 2.05) is 19.9 Å². The molecule has 0 bridgehead atoms. The summed E-state index contributed by atoms with van der Waals surface area (Å²) in [4.78, 5) is 43.6. The molecule has 1 aliphatic heterocycles. The van der Waals surface area contributed by atoms with E-state index in [1.54, 1.807) is 36.4 Å². The van der Waals surface area contributed by atoms with E-state index in [0.717, 1.165) is 5.56 Å². The van der Waals surface area contributed by atoms with Gasteiger partial charge in [-0.3, -0.25) is 19.7 Å². The molecule has 2 aliphatic rings. The van der Waals surface area contributed by atoms with E-state index in [4.69, 9.17) is 9.47 Å². The van der Waals surface area contributed by atoms with E-state index >= 15 is 0 Å². The number of methoxy groups -OCH3 is 1. The fourth-order valence-corrected chi connectivity index (χ4v) is 5.52. The highest BCUT2D eigenvalue weighted by Gasteiger charge is 2.73. The van der Waals surface area contributed by atoms with Crippen molar-refractivity contribution in [2.75, 3.05) is 7.11 Å². The van der Waals surface area contributed by atoms with Crippen molar-refractivity contribution in [3.05, 3.63) is 105 Å². The Balaban J connectivity index is 1.56. The van der Waals surface area contributed by atoms with E-state index in [-0.39, 0.29) is 34.1 Å². The van der Waals surface area contributed by atoms with Crippen LogP contribution in [0.1, 0.15) is 57.3 Å². The lowest BCUT2D eigenvalue weighted by Crippen LogP contribution is -2.60. The zero-order valence-electron chi connectivity index (χ0n) is 21.2. The SMILES string of the molecule is COc1cc(C(=O)NC23C(=O)c4c([N+](=O)[O-])cccc4C2(O)Oc2cc(C(C)C)ccc23)nc2ccccc12. The molecule has 4 aromatic rings. The quantitative estimate of drug-likeness (QED) is 0.290. The molecule has 1 aromatic heterocycles. The van der Waals surface area contributed by atoms with Gasteiger partial charge >= 0.3 is 0 Å². The van der Waals surface area contributed by atoms with Crippen LogP contribution in [0, 0.1) is 10.1 Å². The Morgan fingerprint density at radius 3 is 2.59 bits per heavy atom. The number of rotatable bonds is 5. The number of ether oxygens (including phenoxy) is 2. The normalized spacial score (nSPS) is 20.8. The number of nitro groups is 1. The third kappa shape index (κ3) is 3.21. The molecule has 0 radical (unpaired) electrons. The van der Waals surface area contributed by atoms with Crippen molar-refractivity contribution < 1.29 is 29.1 Å². The molecule has 0 saturated carbocycles. The fourth-order valence-electron chi connectivity index (χ4n) is 5.52. The lowest BCUT2D eigenvalue weighted by molar-refractivity contribution is -0.385. The predicted molar refractivity (Wildman–Crippen MR) is 140 cm³/mol. The molecular weight excluding hydrogens is 502 g/mol. The summed E-state index contributed by atoms with van der Waals surface area (Å²) in [6.45, 7) is 3.96. The molecule has 196 valence electrons. The average molecular weight is 526 g/mol. The van der Waals surface area contributed by atoms with Crippen molar-refractivity contribution in [2.45, 2.75) is 31.1 Å². The first-order valence-corrected chi connectivity index (χ1v) is 12.3. The number of benzene rings is 3. The van der Waals surface area contributed by atoms with E-state index < -0.39 is 33.6 Å². The minimum atomic E-state index is -2.44. The van der Waals surface area contributed by atoms with Crippen LogP contribution in [0.5, 0.6) is 11.5 Å². The number of nitrogens with zero attached hydrogens (tertiary/aromatic N) is 2. The first-order valence-electron chi connectivity index (χ1n) is 12.3. The summed E-state index contributed by atoms with van der Waals surface area (Å²) in [5.74, 6) is -3.41. The van der Waals surface area contributed by atoms with E-state index in [9.17, 15) is 24.8 Å². The second kappa shape index (κ2) is 8.34. The number of nitrogens with one attached hydrogen (secondary N) is 1. The first-order chi connectivity index (χ1) is 18.6. The minimum absolute atomic E-state index is 0.0761. The van der Waals surface area contributed by atoms with Crippen LogP contribution in [-0.2, 0) is 11.3 Å². The summed E-state index contributed by atoms with van der Waals surface area (Å²) in [7, 11) is 1.46. The van der Waals surface area contributed by atoms with Gasteiger partial charge in [-0.2, -0.15) is 0 Å². The predicted octanol–water partition coefficient (Wildman–Crippen LogP) is 4.33. The van der Waals surface area contributed by atoms with Crippen molar-refractivity contribution in [1.82, 2.24) is 10.3 Å². The summed E-state index contributed by atoms with van der Waals surface area (Å²) in [5.41, 5.74) is -1.66. The maximum atomic E-state index is 14.2. The summed E-state index contributed by atoms with van der Waals surface area (Å²) < 4.78 is 11.5. The van der Waals surface area contributed by atoms with Gasteiger partial charge in [-0.05, 0) is 29.7 Å². The fraction of sp³-hybridized carbons (Fsp3) is 0.207. The molecule has 2 N–H and O–H groups in total. The number of para-hydroxylation sites is 1. The van der Waals surface area contributed by atoms with Crippen LogP contribution in [-0.4, -0.2) is 33.8 Å². The third-order valence-electron chi connectivity index (χ3n) is 7.45. The average Bonchev–Trinajstić information content (AvgIpc) is 3.29. The zero-order chi connectivity index (χ0) is 27.7. The molecule has 0 spiro atoms. The molecule has 10 nitrogen and oxygen atoms in total. The highest BCUT2D eigenvalue weighted by atomic mass is 16.6. The number of Topliss-reactive ketones (excluding diaryl/α,β-unsaturated/α-hetero) is 1. The van der Waals surface area contributed by atoms with Gasteiger partial charge in [0.25, 0.3) is 17.4 Å². The molecule has 39 heavy (non-hydrogen) atoms. The Bertz CT molecular complexity index is 1730. The molecule has 3 aromatic carbocycles. The molecule has 0 saturated heterocycles. The molecule has 10 heteroatoms. The smallest absolute Gasteiger partial charge is 0.280 e. The maximum Gasteiger partial charge on any atom is 0.280 e. The molecular formula is C29H23N3O7. The van der Waals surface area contributed by atoms with Gasteiger partial charge in [0.1, 0.15) is 22.8 Å². The number of fused-ring (bicyclic) bond motifs is 6. The first kappa shape index (κ1) is 24.5. The number of amides is 1. The molecule has 1 amide bonds. The van der Waals surface area contributed by atoms with Crippen LogP contribution in [0.2, 0.25) is 0 Å². The van der Waals surface area contributed by atoms with Gasteiger partial charge in [0, 0.05) is 28.6 Å². The number of aromatic nitrogens is 1. The Kier molecular flexibility index (Phi) is 5.24. The van der Waals surface area contributed by atoms with Gasteiger partial charge in [0.05, 0.1) is 17.5 Å². The molecule has 2 heterocycles. The minimum Gasteiger partial charge on any atom is -0.496 e. The molecule has 1 aliphatic carbocycles. The van der Waals surface area contributed by atoms with E-state index in [1.165, 1.54) is 31.4 Å². The van der Waals surface area contributed by atoms with Crippen molar-refractivity contribution in [2.24, 2.45) is 0 Å². The number of nitro benzene ring substituents is 1. The van der Waals surface area contributed by atoms with Gasteiger partial charge in [-0.1, -0.05) is 50.2 Å². The van der Waals surface area contributed by atoms with Gasteiger partial charge in [-0.25, -0.2) is 4.98 Å². The van der Waals surface area contributed by atoms with Gasteiger partial charge < -0.3 is 19.9 Å². The summed E-state index contributed by atoms with van der Waals surface area (Å²) in [6.07, 6.45) is 0. The second-order valence-corrected chi connectivity index (χ2v) is 9.87. The second-order valence-electron chi connectivity index (χ2n) is 9.87. The van der Waals surface area contributed by atoms with Gasteiger partial charge in [-0.15, -0.1) is 0 Å². The van der Waals surface area contributed by atoms with Crippen LogP contribution >= 0.6 is 0 Å². The zero-order valence-corrected chi connectivity index (χ0v) is 21.2. The highest BCUT2D eigenvalue weighted by Crippen LogP contribution is 2.59. The van der Waals surface area contributed by atoms with Crippen molar-refractivity contribution in [3.8, 4) is 11.5 Å². The van der Waals surface area contributed by atoms with E-state index in [2.05, 4.69) is 10.3 Å². The van der Waals surface area contributed by atoms with Crippen molar-refractivity contribution in [3.63, 3.8) is 0 Å². The van der Waals surface area contributed by atoms with Crippen molar-refractivity contribution in [1.29, 1.82) is 0 Å². The highest BCUT2D eigenvalue weighted by molar-refractivity contribution is 6.15. The summed E-state index contributed by atoms with van der Waals surface area (Å²) in [6, 6.07) is 17.5. The molecule has 2 atom stereocenters. The van der Waals surface area contributed by atoms with Gasteiger partial charge in [0.15, 0.2) is 0 Å². The van der Waals surface area contributed by atoms with Crippen molar-refractivity contribution >= 4 is 28.3 Å². The molecule has 2 unspecified atom stereocenters. The standard InChI is InChI=1S/C29H23N3O7/c1-15(2)16-11-12-18-24(13-16)39-29(35)19-8-6-10-22(32(36)37)25(19)26(33)28(18,29)31-27(34)21-14-23(38-3)17-7-4-5-9-20(17)30-21/h4-15,35H,1-3H3,(H,31,34). The number of pyridine rings is 1. The molecule has 6 rings (SSSR count). The maximum absolute atomic E-state index is 14.2. The lowest BCUT2D eigenvalue weighted by Gasteiger charge is -2.34. The molecule has 0 fully saturated rings. The summed E-state index contributed by atoms with van der Waals surface area (Å²) in [5, 5.41) is 27.3. The Morgan fingerprint density at radius 2 is 1.87 bits per heavy atom. The lowest BCUT2D eigenvalue weighted by atomic mass is 9.82. The van der Waals surface area contributed by atoms with Gasteiger partial charge in [0.2, 0.25) is 11.3 Å². The van der Waals surface area contributed by atoms with E-state index in [0.29, 0.717) is 16.7 Å². The Morgan fingerprint density at radius 1 is 1.10 bits per heavy atom. The number of aliphatic hydroxyl groups is 1. The Labute approximate surface area is 222 Å². The number of hydrogen-bond donors (Lipinski definition) is 2. The van der Waals surface area contributed by atoms with Crippen LogP contribution in [0.15, 0.2) is 66.7 Å². The Hall–Kier alpha value is -4.83. The topological polar surface area (TPSA) is 141 Å². The number of carbonyl (C=O) groups excluding carboxylic acids is 2. The van der Waals surface area contributed by atoms with Crippen LogP contribution in [0.25, 0.3) is 10.9 Å². The van der Waals surface area contributed by atoms with Crippen LogP contribution in [0.3, 0.4) is 0 Å². The summed E-state index contributed by atoms with van der Waals surface area (Å²) >= 11 is 0. The van der Waals surface area contributed by atoms with Crippen LogP contribution < -0.4 is 14.8 Å². The number of hydrogen-bond acceptors (Lipinski definition) is 8. The largest absolute Gasteiger partial charge is 0.496 e. The number of ketones is 1.